The van der Waals surface area contributed by atoms with Crippen LogP contribution in [0.3, 0.4) is 0 Å². The lowest BCUT2D eigenvalue weighted by Gasteiger charge is -2.37. The molecule has 8 nitrogen and oxygen atoms in total. The zero-order valence-electron chi connectivity index (χ0n) is 15.9. The van der Waals surface area contributed by atoms with Crippen molar-refractivity contribution < 1.29 is 8.42 Å². The maximum absolute atomic E-state index is 11.6. The minimum absolute atomic E-state index is 0.503. The van der Waals surface area contributed by atoms with Crippen LogP contribution in [0.15, 0.2) is 29.4 Å². The number of guanidine groups is 1. The summed E-state index contributed by atoms with van der Waals surface area (Å²) in [7, 11) is -1.34. The van der Waals surface area contributed by atoms with Gasteiger partial charge in [-0.05, 0) is 18.6 Å². The molecule has 9 heteroatoms. The van der Waals surface area contributed by atoms with Gasteiger partial charge in [0, 0.05) is 59.1 Å². The molecular weight excluding hydrogens is 352 g/mol. The third-order valence-electron chi connectivity index (χ3n) is 4.45. The number of pyridine rings is 1. The van der Waals surface area contributed by atoms with Crippen molar-refractivity contribution in [2.75, 3.05) is 64.0 Å². The zero-order valence-corrected chi connectivity index (χ0v) is 16.7. The lowest BCUT2D eigenvalue weighted by Crippen LogP contribution is -2.53. The van der Waals surface area contributed by atoms with Crippen molar-refractivity contribution in [1.82, 2.24) is 19.5 Å². The first-order chi connectivity index (χ1) is 12.5. The second-order valence-corrected chi connectivity index (χ2v) is 8.23. The van der Waals surface area contributed by atoms with E-state index < -0.39 is 10.0 Å². The Morgan fingerprint density at radius 3 is 2.58 bits per heavy atom. The number of hydrogen-bond acceptors (Lipinski definition) is 5. The Balaban J connectivity index is 1.76. The molecule has 0 spiro atoms. The van der Waals surface area contributed by atoms with Crippen LogP contribution in [-0.2, 0) is 10.0 Å². The molecule has 0 radical (unpaired) electrons. The largest absolute Gasteiger partial charge is 0.356 e. The first-order valence-corrected chi connectivity index (χ1v) is 10.9. The number of nitrogens with zero attached hydrogens (tertiary/aromatic N) is 5. The summed E-state index contributed by atoms with van der Waals surface area (Å²) in [4.78, 5) is 13.3. The van der Waals surface area contributed by atoms with E-state index in [4.69, 9.17) is 0 Å². The lowest BCUT2D eigenvalue weighted by molar-refractivity contribution is 0.369. The number of rotatable bonds is 7. The van der Waals surface area contributed by atoms with E-state index in [2.05, 4.69) is 25.1 Å². The SMILES string of the molecule is CCN(CCCNC(=NC)N1CCN(c2ccccn2)CC1)S(C)(=O)=O. The minimum Gasteiger partial charge on any atom is -0.356 e. The maximum atomic E-state index is 11.6. The highest BCUT2D eigenvalue weighted by Crippen LogP contribution is 2.12. The fourth-order valence-electron chi connectivity index (χ4n) is 3.03. The summed E-state index contributed by atoms with van der Waals surface area (Å²) in [5.74, 6) is 1.88. The molecule has 0 amide bonds. The van der Waals surface area contributed by atoms with Crippen LogP contribution in [0.25, 0.3) is 0 Å². The summed E-state index contributed by atoms with van der Waals surface area (Å²) in [6, 6.07) is 5.96. The fourth-order valence-corrected chi connectivity index (χ4v) is 3.96. The third-order valence-corrected chi connectivity index (χ3v) is 5.83. The van der Waals surface area contributed by atoms with Gasteiger partial charge >= 0.3 is 0 Å². The molecule has 2 rings (SSSR count). The van der Waals surface area contributed by atoms with Crippen LogP contribution in [0.2, 0.25) is 0 Å². The van der Waals surface area contributed by atoms with Gasteiger partial charge in [-0.15, -0.1) is 0 Å². The molecule has 0 bridgehead atoms. The van der Waals surface area contributed by atoms with Gasteiger partial charge < -0.3 is 15.1 Å². The van der Waals surface area contributed by atoms with E-state index in [9.17, 15) is 8.42 Å². The van der Waals surface area contributed by atoms with Crippen molar-refractivity contribution in [1.29, 1.82) is 0 Å². The van der Waals surface area contributed by atoms with Gasteiger partial charge in [0.05, 0.1) is 6.26 Å². The smallest absolute Gasteiger partial charge is 0.211 e. The van der Waals surface area contributed by atoms with E-state index in [1.807, 2.05) is 31.3 Å². The molecule has 146 valence electrons. The van der Waals surface area contributed by atoms with Crippen molar-refractivity contribution in [2.24, 2.45) is 4.99 Å². The van der Waals surface area contributed by atoms with Gasteiger partial charge in [0.2, 0.25) is 10.0 Å². The molecule has 1 aliphatic heterocycles. The van der Waals surface area contributed by atoms with Crippen LogP contribution in [0, 0.1) is 0 Å². The van der Waals surface area contributed by atoms with Crippen LogP contribution in [0.4, 0.5) is 5.82 Å². The van der Waals surface area contributed by atoms with Crippen molar-refractivity contribution in [3.8, 4) is 0 Å². The number of hydrogen-bond donors (Lipinski definition) is 1. The first-order valence-electron chi connectivity index (χ1n) is 9.02. The van der Waals surface area contributed by atoms with E-state index in [1.54, 1.807) is 7.05 Å². The van der Waals surface area contributed by atoms with E-state index in [0.29, 0.717) is 19.6 Å². The molecule has 0 saturated carbocycles. The zero-order chi connectivity index (χ0) is 19.0. The summed E-state index contributed by atoms with van der Waals surface area (Å²) in [5, 5.41) is 3.34. The lowest BCUT2D eigenvalue weighted by atomic mass is 10.3. The molecule has 2 heterocycles. The number of aromatic nitrogens is 1. The van der Waals surface area contributed by atoms with Gasteiger partial charge in [-0.2, -0.15) is 0 Å². The third kappa shape index (κ3) is 5.84. The van der Waals surface area contributed by atoms with Gasteiger partial charge in [0.25, 0.3) is 0 Å². The standard InChI is InChI=1S/C17H30N6O2S/c1-4-23(26(3,24)25)11-7-10-20-17(18-2)22-14-12-21(13-15-22)16-8-5-6-9-19-16/h5-6,8-9H,4,7,10-15H2,1-3H3,(H,18,20). The Bertz CT molecular complexity index is 672. The molecular formula is C17H30N6O2S. The second kappa shape index (κ2) is 9.72. The molecule has 1 aromatic heterocycles. The highest BCUT2D eigenvalue weighted by molar-refractivity contribution is 7.88. The molecule has 26 heavy (non-hydrogen) atoms. The summed E-state index contributed by atoms with van der Waals surface area (Å²) in [6.45, 7) is 7.12. The molecule has 1 fully saturated rings. The Kier molecular flexibility index (Phi) is 7.65. The van der Waals surface area contributed by atoms with Gasteiger partial charge in [-0.1, -0.05) is 13.0 Å². The fraction of sp³-hybridized carbons (Fsp3) is 0.647. The normalized spacial score (nSPS) is 16.2. The monoisotopic (exact) mass is 382 g/mol. The average Bonchev–Trinajstić information content (AvgIpc) is 2.65. The van der Waals surface area contributed by atoms with Crippen LogP contribution in [0.1, 0.15) is 13.3 Å². The minimum atomic E-state index is -3.12. The van der Waals surface area contributed by atoms with E-state index >= 15 is 0 Å². The quantitative estimate of drug-likeness (QED) is 0.419. The number of piperazine rings is 1. The number of anilines is 1. The van der Waals surface area contributed by atoms with Crippen LogP contribution >= 0.6 is 0 Å². The number of aliphatic imine (C=N–C) groups is 1. The predicted molar refractivity (Wildman–Crippen MR) is 106 cm³/mol. The summed E-state index contributed by atoms with van der Waals surface area (Å²) in [5.41, 5.74) is 0. The second-order valence-electron chi connectivity index (χ2n) is 6.24. The topological polar surface area (TPSA) is 81.1 Å². The Morgan fingerprint density at radius 2 is 2.04 bits per heavy atom. The summed E-state index contributed by atoms with van der Waals surface area (Å²) in [6.07, 6.45) is 3.82. The Morgan fingerprint density at radius 1 is 1.31 bits per heavy atom. The van der Waals surface area contributed by atoms with Gasteiger partial charge in [-0.3, -0.25) is 4.99 Å². The van der Waals surface area contributed by atoms with Crippen molar-refractivity contribution in [3.63, 3.8) is 0 Å². The molecule has 1 aliphatic rings. The highest BCUT2D eigenvalue weighted by atomic mass is 32.2. The van der Waals surface area contributed by atoms with Crippen molar-refractivity contribution in [3.05, 3.63) is 24.4 Å². The van der Waals surface area contributed by atoms with Crippen LogP contribution < -0.4 is 10.2 Å². The van der Waals surface area contributed by atoms with Crippen molar-refractivity contribution in [2.45, 2.75) is 13.3 Å². The Labute approximate surface area is 157 Å². The first kappa shape index (κ1) is 20.4. The van der Waals surface area contributed by atoms with Gasteiger partial charge in [0.15, 0.2) is 5.96 Å². The van der Waals surface area contributed by atoms with Crippen molar-refractivity contribution >= 4 is 21.8 Å². The molecule has 0 atom stereocenters. The van der Waals surface area contributed by atoms with Gasteiger partial charge in [-0.25, -0.2) is 17.7 Å². The van der Waals surface area contributed by atoms with E-state index in [0.717, 1.165) is 44.4 Å². The maximum Gasteiger partial charge on any atom is 0.211 e. The van der Waals surface area contributed by atoms with Crippen LogP contribution in [-0.4, -0.2) is 87.7 Å². The van der Waals surface area contributed by atoms with Gasteiger partial charge in [0.1, 0.15) is 5.82 Å². The Hall–Kier alpha value is -1.87. The molecule has 0 unspecified atom stereocenters. The number of nitrogens with one attached hydrogen (secondary N) is 1. The molecule has 0 aromatic carbocycles. The number of sulfonamides is 1. The molecule has 0 aliphatic carbocycles. The average molecular weight is 383 g/mol. The predicted octanol–water partition coefficient (Wildman–Crippen LogP) is 0.451. The summed E-state index contributed by atoms with van der Waals surface area (Å²) < 4.78 is 24.7. The summed E-state index contributed by atoms with van der Waals surface area (Å²) >= 11 is 0. The molecule has 1 saturated heterocycles. The highest BCUT2D eigenvalue weighted by Gasteiger charge is 2.20. The van der Waals surface area contributed by atoms with E-state index in [1.165, 1.54) is 10.6 Å². The van der Waals surface area contributed by atoms with E-state index in [-0.39, 0.29) is 0 Å². The molecule has 1 aromatic rings. The molecule has 1 N–H and O–H groups in total. The van der Waals surface area contributed by atoms with Crippen LogP contribution in [0.5, 0.6) is 0 Å².